The Morgan fingerprint density at radius 1 is 1.22 bits per heavy atom. The standard InChI is InChI=1S/C25H26FN3O3/c1-32-22-7-3-2-5-16(22)8-11-23(30)29-12-4-6-17(15-29)24-20(25(27)31)14-18-13-19(26)9-10-21(18)28-24/h2-3,5,7,9-10,13-14,17H,4,6,8,11-12,15H2,1H3,(H2,27,31)/t17-/m0/s1. The summed E-state index contributed by atoms with van der Waals surface area (Å²) in [4.78, 5) is 31.6. The van der Waals surface area contributed by atoms with E-state index >= 15 is 0 Å². The summed E-state index contributed by atoms with van der Waals surface area (Å²) in [5.41, 5.74) is 8.09. The van der Waals surface area contributed by atoms with Gasteiger partial charge >= 0.3 is 0 Å². The minimum absolute atomic E-state index is 0.0593. The fourth-order valence-corrected chi connectivity index (χ4v) is 4.41. The van der Waals surface area contributed by atoms with Gasteiger partial charge in [0.05, 0.1) is 23.9 Å². The summed E-state index contributed by atoms with van der Waals surface area (Å²) in [5, 5.41) is 0.531. The molecule has 1 fully saturated rings. The van der Waals surface area contributed by atoms with Crippen molar-refractivity contribution in [3.63, 3.8) is 0 Å². The maximum atomic E-state index is 13.6. The highest BCUT2D eigenvalue weighted by molar-refractivity contribution is 5.98. The number of aryl methyl sites for hydroxylation is 1. The number of halogens is 1. The molecule has 3 aromatic rings. The first-order valence-electron chi connectivity index (χ1n) is 10.8. The Hall–Kier alpha value is -3.48. The van der Waals surface area contributed by atoms with Crippen molar-refractivity contribution in [1.29, 1.82) is 0 Å². The van der Waals surface area contributed by atoms with Crippen LogP contribution in [-0.2, 0) is 11.2 Å². The largest absolute Gasteiger partial charge is 0.496 e. The number of likely N-dealkylation sites (tertiary alicyclic amines) is 1. The van der Waals surface area contributed by atoms with E-state index in [1.165, 1.54) is 12.1 Å². The molecule has 0 saturated carbocycles. The highest BCUT2D eigenvalue weighted by Crippen LogP contribution is 2.31. The lowest BCUT2D eigenvalue weighted by Crippen LogP contribution is -2.40. The molecule has 166 valence electrons. The smallest absolute Gasteiger partial charge is 0.250 e. The SMILES string of the molecule is COc1ccccc1CCC(=O)N1CCC[C@H](c2nc3ccc(F)cc3cc2C(N)=O)C1. The van der Waals surface area contributed by atoms with Gasteiger partial charge in [-0.15, -0.1) is 0 Å². The molecule has 1 aliphatic heterocycles. The third kappa shape index (κ3) is 4.56. The molecular formula is C25H26FN3O3. The van der Waals surface area contributed by atoms with Gasteiger partial charge in [0.15, 0.2) is 0 Å². The highest BCUT2D eigenvalue weighted by atomic mass is 19.1. The highest BCUT2D eigenvalue weighted by Gasteiger charge is 2.28. The number of benzene rings is 2. The lowest BCUT2D eigenvalue weighted by atomic mass is 9.90. The molecule has 0 bridgehead atoms. The van der Waals surface area contributed by atoms with E-state index in [4.69, 9.17) is 10.5 Å². The van der Waals surface area contributed by atoms with Crippen LogP contribution in [0.2, 0.25) is 0 Å². The number of para-hydroxylation sites is 1. The molecule has 6 nitrogen and oxygen atoms in total. The second-order valence-electron chi connectivity index (χ2n) is 8.11. The second-order valence-corrected chi connectivity index (χ2v) is 8.11. The number of piperidine rings is 1. The first-order chi connectivity index (χ1) is 15.5. The van der Waals surface area contributed by atoms with Gasteiger partial charge in [0.2, 0.25) is 5.91 Å². The number of hydrogen-bond acceptors (Lipinski definition) is 4. The molecule has 2 N–H and O–H groups in total. The van der Waals surface area contributed by atoms with Crippen molar-refractivity contribution >= 4 is 22.7 Å². The van der Waals surface area contributed by atoms with Crippen molar-refractivity contribution in [2.75, 3.05) is 20.2 Å². The number of carbonyl (C=O) groups is 2. The first kappa shape index (κ1) is 21.7. The molecular weight excluding hydrogens is 409 g/mol. The summed E-state index contributed by atoms with van der Waals surface area (Å²) >= 11 is 0. The number of hydrogen-bond donors (Lipinski definition) is 1. The monoisotopic (exact) mass is 435 g/mol. The Bertz CT molecular complexity index is 1160. The predicted molar refractivity (Wildman–Crippen MR) is 120 cm³/mol. The van der Waals surface area contributed by atoms with Gasteiger partial charge in [0, 0.05) is 30.8 Å². The Labute approximate surface area is 186 Å². The lowest BCUT2D eigenvalue weighted by molar-refractivity contribution is -0.132. The molecule has 2 amide bonds. The van der Waals surface area contributed by atoms with Gasteiger partial charge in [0.1, 0.15) is 11.6 Å². The predicted octanol–water partition coefficient (Wildman–Crippen LogP) is 3.82. The Morgan fingerprint density at radius 3 is 2.81 bits per heavy atom. The molecule has 0 spiro atoms. The number of nitrogens with two attached hydrogens (primary N) is 1. The molecule has 1 atom stereocenters. The normalized spacial score (nSPS) is 16.2. The zero-order valence-corrected chi connectivity index (χ0v) is 18.0. The van der Waals surface area contributed by atoms with Gasteiger partial charge in [-0.3, -0.25) is 14.6 Å². The van der Waals surface area contributed by atoms with Crippen LogP contribution in [0.25, 0.3) is 10.9 Å². The molecule has 0 unspecified atom stereocenters. The van der Waals surface area contributed by atoms with Gasteiger partial charge in [-0.1, -0.05) is 18.2 Å². The van der Waals surface area contributed by atoms with Gasteiger partial charge in [-0.2, -0.15) is 0 Å². The fraction of sp³-hybridized carbons (Fsp3) is 0.320. The summed E-state index contributed by atoms with van der Waals surface area (Å²) in [6.07, 6.45) is 2.58. The van der Waals surface area contributed by atoms with E-state index in [9.17, 15) is 14.0 Å². The van der Waals surface area contributed by atoms with Crippen molar-refractivity contribution in [2.24, 2.45) is 5.73 Å². The number of ether oxygens (including phenoxy) is 1. The van der Waals surface area contributed by atoms with Crippen molar-refractivity contribution in [3.05, 3.63) is 71.2 Å². The molecule has 2 heterocycles. The van der Waals surface area contributed by atoms with Gasteiger partial charge in [-0.05, 0) is 55.2 Å². The van der Waals surface area contributed by atoms with Crippen molar-refractivity contribution in [2.45, 2.75) is 31.6 Å². The summed E-state index contributed by atoms with van der Waals surface area (Å²) in [6, 6.07) is 13.6. The number of carbonyl (C=O) groups excluding carboxylic acids is 2. The van der Waals surface area contributed by atoms with E-state index in [2.05, 4.69) is 4.98 Å². The van der Waals surface area contributed by atoms with Crippen LogP contribution in [0.3, 0.4) is 0 Å². The third-order valence-corrected chi connectivity index (χ3v) is 6.03. The van der Waals surface area contributed by atoms with Crippen molar-refractivity contribution in [3.8, 4) is 5.75 Å². The van der Waals surface area contributed by atoms with Crippen LogP contribution in [-0.4, -0.2) is 41.9 Å². The number of fused-ring (bicyclic) bond motifs is 1. The summed E-state index contributed by atoms with van der Waals surface area (Å²) in [7, 11) is 1.62. The molecule has 7 heteroatoms. The Morgan fingerprint density at radius 2 is 2.03 bits per heavy atom. The van der Waals surface area contributed by atoms with E-state index < -0.39 is 11.7 Å². The number of rotatable bonds is 6. The Balaban J connectivity index is 1.52. The average Bonchev–Trinajstić information content (AvgIpc) is 2.81. The number of amides is 2. The average molecular weight is 435 g/mol. The molecule has 2 aromatic carbocycles. The number of nitrogens with zero attached hydrogens (tertiary/aromatic N) is 2. The van der Waals surface area contributed by atoms with Crippen molar-refractivity contribution in [1.82, 2.24) is 9.88 Å². The van der Waals surface area contributed by atoms with Gasteiger partial charge < -0.3 is 15.4 Å². The van der Waals surface area contributed by atoms with E-state index in [0.29, 0.717) is 42.5 Å². The molecule has 1 saturated heterocycles. The topological polar surface area (TPSA) is 85.5 Å². The van der Waals surface area contributed by atoms with Crippen LogP contribution < -0.4 is 10.5 Å². The molecule has 1 aliphatic rings. The molecule has 4 rings (SSSR count). The lowest BCUT2D eigenvalue weighted by Gasteiger charge is -2.33. The number of primary amides is 1. The van der Waals surface area contributed by atoms with E-state index in [-0.39, 0.29) is 17.4 Å². The maximum Gasteiger partial charge on any atom is 0.250 e. The zero-order chi connectivity index (χ0) is 22.7. The number of aromatic nitrogens is 1. The molecule has 0 radical (unpaired) electrons. The number of methoxy groups -OCH3 is 1. The Kier molecular flexibility index (Phi) is 6.35. The molecule has 0 aliphatic carbocycles. The number of pyridine rings is 1. The summed E-state index contributed by atoms with van der Waals surface area (Å²) in [6.45, 7) is 1.15. The van der Waals surface area contributed by atoms with Crippen molar-refractivity contribution < 1.29 is 18.7 Å². The zero-order valence-electron chi connectivity index (χ0n) is 18.0. The van der Waals surface area contributed by atoms with Crippen LogP contribution >= 0.6 is 0 Å². The van der Waals surface area contributed by atoms with Gasteiger partial charge in [-0.25, -0.2) is 4.39 Å². The van der Waals surface area contributed by atoms with Crippen LogP contribution in [0, 0.1) is 5.82 Å². The quantitative estimate of drug-likeness (QED) is 0.638. The maximum absolute atomic E-state index is 13.6. The van der Waals surface area contributed by atoms with E-state index in [0.717, 1.165) is 24.2 Å². The van der Waals surface area contributed by atoms with Crippen LogP contribution in [0.15, 0.2) is 48.5 Å². The van der Waals surface area contributed by atoms with E-state index in [1.807, 2.05) is 29.2 Å². The molecule has 32 heavy (non-hydrogen) atoms. The van der Waals surface area contributed by atoms with Crippen LogP contribution in [0.5, 0.6) is 5.75 Å². The first-order valence-corrected chi connectivity index (χ1v) is 10.8. The molecule has 1 aromatic heterocycles. The second kappa shape index (κ2) is 9.34. The fourth-order valence-electron chi connectivity index (χ4n) is 4.41. The van der Waals surface area contributed by atoms with Gasteiger partial charge in [0.25, 0.3) is 5.91 Å². The van der Waals surface area contributed by atoms with E-state index in [1.54, 1.807) is 19.2 Å². The minimum Gasteiger partial charge on any atom is -0.496 e. The van der Waals surface area contributed by atoms with Crippen LogP contribution in [0.4, 0.5) is 4.39 Å². The minimum atomic E-state index is -0.599. The third-order valence-electron chi connectivity index (χ3n) is 6.03. The summed E-state index contributed by atoms with van der Waals surface area (Å²) in [5.74, 6) is -0.259. The summed E-state index contributed by atoms with van der Waals surface area (Å²) < 4.78 is 19.0. The van der Waals surface area contributed by atoms with Crippen LogP contribution in [0.1, 0.15) is 46.8 Å².